The normalized spacial score (nSPS) is 11.1. The van der Waals surface area contributed by atoms with Crippen molar-refractivity contribution in [1.82, 2.24) is 0 Å². The molecule has 3 heterocycles. The SMILES string of the molecule is COc1cccc2cc(-c3scc(NC(=O)c4cc5ccccc5o4)c3C(=O)O)oc12. The van der Waals surface area contributed by atoms with E-state index in [4.69, 9.17) is 13.6 Å². The average molecular weight is 433 g/mol. The Morgan fingerprint density at radius 3 is 2.61 bits per heavy atom. The van der Waals surface area contributed by atoms with E-state index >= 15 is 0 Å². The smallest absolute Gasteiger partial charge is 0.339 e. The lowest BCUT2D eigenvalue weighted by Crippen LogP contribution is -2.13. The number of ether oxygens (including phenoxy) is 1. The van der Waals surface area contributed by atoms with Crippen molar-refractivity contribution in [2.75, 3.05) is 12.4 Å². The first-order chi connectivity index (χ1) is 15.0. The number of aromatic carboxylic acids is 1. The summed E-state index contributed by atoms with van der Waals surface area (Å²) in [5.74, 6) is -0.682. The van der Waals surface area contributed by atoms with E-state index in [1.165, 1.54) is 18.4 Å². The van der Waals surface area contributed by atoms with E-state index in [0.29, 0.717) is 27.6 Å². The second kappa shape index (κ2) is 7.33. The maximum absolute atomic E-state index is 12.7. The summed E-state index contributed by atoms with van der Waals surface area (Å²) in [5, 5.41) is 15.6. The van der Waals surface area contributed by atoms with Crippen LogP contribution in [0.1, 0.15) is 20.9 Å². The third kappa shape index (κ3) is 3.23. The molecule has 7 nitrogen and oxygen atoms in total. The fraction of sp³-hybridized carbons (Fsp3) is 0.0435. The van der Waals surface area contributed by atoms with Crippen LogP contribution in [0.4, 0.5) is 5.69 Å². The van der Waals surface area contributed by atoms with Gasteiger partial charge in [0.15, 0.2) is 17.1 Å². The number of carboxylic acids is 1. The number of thiophene rings is 1. The third-order valence-corrected chi connectivity index (χ3v) is 5.85. The van der Waals surface area contributed by atoms with Crippen LogP contribution in [0.25, 0.3) is 32.6 Å². The zero-order chi connectivity index (χ0) is 21.5. The molecule has 0 saturated heterocycles. The lowest BCUT2D eigenvalue weighted by Gasteiger charge is -2.03. The van der Waals surface area contributed by atoms with Gasteiger partial charge in [-0.1, -0.05) is 30.3 Å². The van der Waals surface area contributed by atoms with Gasteiger partial charge in [-0.25, -0.2) is 4.79 Å². The summed E-state index contributed by atoms with van der Waals surface area (Å²) in [7, 11) is 1.54. The largest absolute Gasteiger partial charge is 0.493 e. The number of anilines is 1. The quantitative estimate of drug-likeness (QED) is 0.360. The Bertz CT molecular complexity index is 1420. The molecule has 1 amide bonds. The molecule has 154 valence electrons. The molecule has 0 saturated carbocycles. The van der Waals surface area contributed by atoms with Gasteiger partial charge < -0.3 is 24.0 Å². The molecule has 31 heavy (non-hydrogen) atoms. The van der Waals surface area contributed by atoms with Crippen LogP contribution in [-0.2, 0) is 0 Å². The highest BCUT2D eigenvalue weighted by molar-refractivity contribution is 7.14. The van der Waals surface area contributed by atoms with Crippen LogP contribution in [0.15, 0.2) is 68.8 Å². The monoisotopic (exact) mass is 433 g/mol. The molecule has 0 radical (unpaired) electrons. The van der Waals surface area contributed by atoms with Crippen molar-refractivity contribution >= 4 is 50.8 Å². The highest BCUT2D eigenvalue weighted by Crippen LogP contribution is 2.40. The van der Waals surface area contributed by atoms with Gasteiger partial charge in [0, 0.05) is 16.2 Å². The van der Waals surface area contributed by atoms with Gasteiger partial charge in [0.1, 0.15) is 16.9 Å². The molecule has 0 aliphatic heterocycles. The molecule has 0 unspecified atom stereocenters. The molecule has 0 aliphatic rings. The Labute approximate surface area is 179 Å². The van der Waals surface area contributed by atoms with Gasteiger partial charge in [-0.3, -0.25) is 4.79 Å². The Hall–Kier alpha value is -4.04. The number of furan rings is 2. The van der Waals surface area contributed by atoms with Gasteiger partial charge in [0.25, 0.3) is 5.91 Å². The Balaban J connectivity index is 1.52. The lowest BCUT2D eigenvalue weighted by molar-refractivity contribution is 0.0699. The highest BCUT2D eigenvalue weighted by Gasteiger charge is 2.25. The molecule has 0 atom stereocenters. The zero-order valence-electron chi connectivity index (χ0n) is 16.2. The van der Waals surface area contributed by atoms with Gasteiger partial charge in [-0.2, -0.15) is 0 Å². The number of hydrogen-bond donors (Lipinski definition) is 2. The van der Waals surface area contributed by atoms with Crippen molar-refractivity contribution in [2.45, 2.75) is 0 Å². The summed E-state index contributed by atoms with van der Waals surface area (Å²) >= 11 is 1.17. The third-order valence-electron chi connectivity index (χ3n) is 4.85. The summed E-state index contributed by atoms with van der Waals surface area (Å²) in [6.07, 6.45) is 0. The van der Waals surface area contributed by atoms with Crippen LogP contribution >= 0.6 is 11.3 Å². The number of para-hydroxylation sites is 2. The second-order valence-corrected chi connectivity index (χ2v) is 7.63. The van der Waals surface area contributed by atoms with Crippen LogP contribution in [0.2, 0.25) is 0 Å². The number of amides is 1. The average Bonchev–Trinajstić information content (AvgIpc) is 3.48. The molecule has 3 aromatic heterocycles. The number of rotatable bonds is 5. The number of nitrogens with one attached hydrogen (secondary N) is 1. The Morgan fingerprint density at radius 2 is 1.84 bits per heavy atom. The molecule has 5 rings (SSSR count). The standard InChI is InChI=1S/C23H15NO6S/c1-28-16-8-4-6-13-10-17(30-20(13)16)21-19(23(26)27)14(11-31-21)24-22(25)18-9-12-5-2-3-7-15(12)29-18/h2-11H,1H3,(H,24,25)(H,26,27). The van der Waals surface area contributed by atoms with Crippen molar-refractivity contribution in [3.05, 3.63) is 71.3 Å². The van der Waals surface area contributed by atoms with Crippen molar-refractivity contribution in [2.24, 2.45) is 0 Å². The van der Waals surface area contributed by atoms with E-state index in [0.717, 1.165) is 10.8 Å². The summed E-state index contributed by atoms with van der Waals surface area (Å²) < 4.78 is 16.8. The molecule has 5 aromatic rings. The van der Waals surface area contributed by atoms with E-state index in [1.54, 1.807) is 29.6 Å². The molecule has 2 aromatic carbocycles. The van der Waals surface area contributed by atoms with Gasteiger partial charge in [-0.05, 0) is 24.3 Å². The number of carbonyl (C=O) groups is 2. The van der Waals surface area contributed by atoms with Gasteiger partial charge in [-0.15, -0.1) is 11.3 Å². The topological polar surface area (TPSA) is 102 Å². The minimum absolute atomic E-state index is 0.0486. The van der Waals surface area contributed by atoms with Crippen molar-refractivity contribution in [3.63, 3.8) is 0 Å². The predicted octanol–water partition coefficient (Wildman–Crippen LogP) is 5.87. The van der Waals surface area contributed by atoms with E-state index < -0.39 is 11.9 Å². The number of fused-ring (bicyclic) bond motifs is 2. The fourth-order valence-corrected chi connectivity index (χ4v) is 4.37. The van der Waals surface area contributed by atoms with Crippen LogP contribution < -0.4 is 10.1 Å². The second-order valence-electron chi connectivity index (χ2n) is 6.75. The summed E-state index contributed by atoms with van der Waals surface area (Å²) in [6, 6.07) is 16.0. The molecular formula is C23H15NO6S. The van der Waals surface area contributed by atoms with Gasteiger partial charge >= 0.3 is 5.97 Å². The number of carboxylic acid groups (broad SMARTS) is 1. The minimum atomic E-state index is -1.18. The molecule has 2 N–H and O–H groups in total. The molecule has 0 fully saturated rings. The number of carbonyl (C=O) groups excluding carboxylic acids is 1. The van der Waals surface area contributed by atoms with Gasteiger partial charge in [0.05, 0.1) is 17.7 Å². The van der Waals surface area contributed by atoms with Crippen LogP contribution in [0.3, 0.4) is 0 Å². The minimum Gasteiger partial charge on any atom is -0.493 e. The van der Waals surface area contributed by atoms with Crippen LogP contribution in [0.5, 0.6) is 5.75 Å². The Kier molecular flexibility index (Phi) is 4.48. The number of benzene rings is 2. The van der Waals surface area contributed by atoms with E-state index in [-0.39, 0.29) is 17.0 Å². The maximum Gasteiger partial charge on any atom is 0.339 e. The summed E-state index contributed by atoms with van der Waals surface area (Å²) in [5.41, 5.74) is 1.23. The predicted molar refractivity (Wildman–Crippen MR) is 117 cm³/mol. The molecule has 8 heteroatoms. The first-order valence-electron chi connectivity index (χ1n) is 9.27. The van der Waals surface area contributed by atoms with Gasteiger partial charge in [0.2, 0.25) is 0 Å². The van der Waals surface area contributed by atoms with Crippen LogP contribution in [-0.4, -0.2) is 24.1 Å². The van der Waals surface area contributed by atoms with E-state index in [2.05, 4.69) is 5.32 Å². The molecule has 0 bridgehead atoms. The fourth-order valence-electron chi connectivity index (χ4n) is 3.43. The van der Waals surface area contributed by atoms with Crippen LogP contribution in [0, 0.1) is 0 Å². The highest BCUT2D eigenvalue weighted by atomic mass is 32.1. The van der Waals surface area contributed by atoms with Crippen molar-refractivity contribution < 1.29 is 28.3 Å². The van der Waals surface area contributed by atoms with E-state index in [9.17, 15) is 14.7 Å². The first-order valence-corrected chi connectivity index (χ1v) is 10.1. The van der Waals surface area contributed by atoms with E-state index in [1.807, 2.05) is 30.3 Å². The first kappa shape index (κ1) is 19.0. The molecule has 0 aliphatic carbocycles. The molecule has 0 spiro atoms. The lowest BCUT2D eigenvalue weighted by atomic mass is 10.1. The number of hydrogen-bond acceptors (Lipinski definition) is 6. The Morgan fingerprint density at radius 1 is 1.03 bits per heavy atom. The molecular weight excluding hydrogens is 418 g/mol. The van der Waals surface area contributed by atoms with Crippen molar-refractivity contribution in [1.29, 1.82) is 0 Å². The number of methoxy groups -OCH3 is 1. The summed E-state index contributed by atoms with van der Waals surface area (Å²) in [6.45, 7) is 0. The van der Waals surface area contributed by atoms with Crippen molar-refractivity contribution in [3.8, 4) is 16.4 Å². The zero-order valence-corrected chi connectivity index (χ0v) is 17.0. The maximum atomic E-state index is 12.7. The summed E-state index contributed by atoms with van der Waals surface area (Å²) in [4.78, 5) is 25.1.